The summed E-state index contributed by atoms with van der Waals surface area (Å²) in [7, 11) is 0. The Bertz CT molecular complexity index is 642. The van der Waals surface area contributed by atoms with Gasteiger partial charge in [0.15, 0.2) is 5.82 Å². The molecule has 0 unspecified atom stereocenters. The molecule has 3 nitrogen and oxygen atoms in total. The van der Waals surface area contributed by atoms with E-state index in [1.165, 1.54) is 0 Å². The maximum atomic E-state index is 12.6. The van der Waals surface area contributed by atoms with Crippen molar-refractivity contribution < 1.29 is 13.2 Å². The molecule has 7 heteroatoms. The Morgan fingerprint density at radius 1 is 1.19 bits per heavy atom. The zero-order valence-electron chi connectivity index (χ0n) is 11.9. The van der Waals surface area contributed by atoms with Gasteiger partial charge in [-0.2, -0.15) is 18.3 Å². The lowest BCUT2D eigenvalue weighted by Crippen LogP contribution is -2.16. The minimum Gasteiger partial charge on any atom is -0.233 e. The van der Waals surface area contributed by atoms with E-state index >= 15 is 0 Å². The summed E-state index contributed by atoms with van der Waals surface area (Å²) in [5.41, 5.74) is 0.491. The number of alkyl halides is 4. The lowest BCUT2D eigenvalue weighted by molar-refractivity contribution is -0.137. The molecule has 2 rings (SSSR count). The van der Waals surface area contributed by atoms with Gasteiger partial charge in [0.2, 0.25) is 0 Å². The predicted octanol–water partition coefficient (Wildman–Crippen LogP) is 4.32. The summed E-state index contributed by atoms with van der Waals surface area (Å²) in [6.07, 6.45) is -2.71. The largest absolute Gasteiger partial charge is 0.419 e. The van der Waals surface area contributed by atoms with Crippen molar-refractivity contribution in [3.05, 3.63) is 41.3 Å². The Morgan fingerprint density at radius 3 is 2.33 bits per heavy atom. The van der Waals surface area contributed by atoms with Gasteiger partial charge in [0, 0.05) is 23.2 Å². The first kappa shape index (κ1) is 15.8. The fraction of sp³-hybridized carbons (Fsp3) is 0.429. The van der Waals surface area contributed by atoms with Crippen LogP contribution in [0.25, 0.3) is 5.82 Å². The summed E-state index contributed by atoms with van der Waals surface area (Å²) in [5, 5.41) is 3.74. The molecular weight excluding hydrogens is 303 g/mol. The zero-order valence-corrected chi connectivity index (χ0v) is 12.6. The fourth-order valence-electron chi connectivity index (χ4n) is 1.74. The van der Waals surface area contributed by atoms with Gasteiger partial charge in [-0.15, -0.1) is 11.6 Å². The Morgan fingerprint density at radius 2 is 1.86 bits per heavy atom. The van der Waals surface area contributed by atoms with Gasteiger partial charge in [-0.05, 0) is 17.7 Å². The van der Waals surface area contributed by atoms with E-state index in [-0.39, 0.29) is 11.3 Å². The van der Waals surface area contributed by atoms with Crippen molar-refractivity contribution in [3.8, 4) is 5.82 Å². The number of aromatic nitrogens is 3. The van der Waals surface area contributed by atoms with Crippen molar-refractivity contribution in [2.75, 3.05) is 0 Å². The second-order valence-electron chi connectivity index (χ2n) is 5.77. The Balaban J connectivity index is 2.51. The first-order valence-corrected chi connectivity index (χ1v) is 6.84. The van der Waals surface area contributed by atoms with E-state index in [1.54, 1.807) is 6.07 Å². The fourth-order valence-corrected chi connectivity index (χ4v) is 1.90. The van der Waals surface area contributed by atoms with Crippen LogP contribution in [0.3, 0.4) is 0 Å². The van der Waals surface area contributed by atoms with Crippen LogP contribution in [-0.2, 0) is 17.5 Å². The molecule has 0 aromatic carbocycles. The van der Waals surface area contributed by atoms with Crippen molar-refractivity contribution in [2.45, 2.75) is 38.2 Å². The molecule has 2 aromatic heterocycles. The molecule has 2 heterocycles. The minimum absolute atomic E-state index is 0.239. The van der Waals surface area contributed by atoms with Crippen LogP contribution in [0.2, 0.25) is 0 Å². The van der Waals surface area contributed by atoms with Crippen LogP contribution in [0.4, 0.5) is 13.2 Å². The van der Waals surface area contributed by atoms with Gasteiger partial charge < -0.3 is 0 Å². The van der Waals surface area contributed by atoms with Crippen molar-refractivity contribution in [3.63, 3.8) is 0 Å². The minimum atomic E-state index is -4.42. The second kappa shape index (κ2) is 5.33. The number of hydrogen-bond donors (Lipinski definition) is 0. The van der Waals surface area contributed by atoms with Crippen molar-refractivity contribution in [1.82, 2.24) is 14.8 Å². The van der Waals surface area contributed by atoms with Gasteiger partial charge in [-0.3, -0.25) is 0 Å². The topological polar surface area (TPSA) is 30.7 Å². The van der Waals surface area contributed by atoms with Crippen LogP contribution in [0, 0.1) is 0 Å². The first-order valence-electron chi connectivity index (χ1n) is 6.31. The summed E-state index contributed by atoms with van der Waals surface area (Å²) in [4.78, 5) is 4.39. The molecule has 0 amide bonds. The molecular formula is C14H15ClF3N3. The van der Waals surface area contributed by atoms with Gasteiger partial charge in [0.05, 0.1) is 11.8 Å². The van der Waals surface area contributed by atoms with Crippen LogP contribution in [0.15, 0.2) is 24.5 Å². The molecule has 0 radical (unpaired) electrons. The van der Waals surface area contributed by atoms with Gasteiger partial charge in [-0.1, -0.05) is 20.8 Å². The summed E-state index contributed by atoms with van der Waals surface area (Å²) in [6.45, 7) is 5.92. The van der Waals surface area contributed by atoms with E-state index in [1.807, 2.05) is 26.8 Å². The quantitative estimate of drug-likeness (QED) is 0.772. The molecule has 0 saturated heterocycles. The highest BCUT2D eigenvalue weighted by atomic mass is 35.5. The molecule has 0 saturated carbocycles. The Labute approximate surface area is 125 Å². The molecule has 0 aliphatic rings. The van der Waals surface area contributed by atoms with E-state index in [9.17, 15) is 13.2 Å². The molecule has 0 aliphatic carbocycles. The lowest BCUT2D eigenvalue weighted by Gasteiger charge is -2.19. The predicted molar refractivity (Wildman–Crippen MR) is 74.6 cm³/mol. The molecule has 0 spiro atoms. The van der Waals surface area contributed by atoms with Gasteiger partial charge in [0.25, 0.3) is 0 Å². The van der Waals surface area contributed by atoms with Crippen molar-refractivity contribution in [2.24, 2.45) is 0 Å². The molecule has 0 bridgehead atoms. The smallest absolute Gasteiger partial charge is 0.233 e. The average Bonchev–Trinajstić information content (AvgIpc) is 2.86. The van der Waals surface area contributed by atoms with Crippen LogP contribution in [0.1, 0.15) is 37.6 Å². The summed E-state index contributed by atoms with van der Waals surface area (Å²) < 4.78 is 39.0. The van der Waals surface area contributed by atoms with Crippen molar-refractivity contribution >= 4 is 11.6 Å². The highest BCUT2D eigenvalue weighted by Gasteiger charge is 2.32. The number of rotatable bonds is 2. The molecule has 0 N–H and O–H groups in total. The Hall–Kier alpha value is -1.56. The van der Waals surface area contributed by atoms with Crippen molar-refractivity contribution in [1.29, 1.82) is 0 Å². The number of halogens is 4. The van der Waals surface area contributed by atoms with E-state index < -0.39 is 11.7 Å². The summed E-state index contributed by atoms with van der Waals surface area (Å²) >= 11 is 5.85. The Kier molecular flexibility index (Phi) is 4.02. The highest BCUT2D eigenvalue weighted by Crippen LogP contribution is 2.29. The monoisotopic (exact) mass is 317 g/mol. The van der Waals surface area contributed by atoms with Crippen LogP contribution < -0.4 is 0 Å². The summed E-state index contributed by atoms with van der Waals surface area (Å²) in [6, 6.07) is 3.49. The van der Waals surface area contributed by atoms with E-state index in [0.717, 1.165) is 28.3 Å². The lowest BCUT2D eigenvalue weighted by atomic mass is 9.91. The molecule has 0 atom stereocenters. The standard InChI is InChI=1S/C14H15ClF3N3/c1-13(2,3)11-4-9(6-15)5-12(20-11)21-8-10(7-19-21)14(16,17)18/h4-5,7-8H,6H2,1-3H3. The maximum Gasteiger partial charge on any atom is 0.419 e. The zero-order chi connectivity index (χ0) is 15.8. The summed E-state index contributed by atoms with van der Waals surface area (Å²) in [5.74, 6) is 0.583. The van der Waals surface area contributed by atoms with Gasteiger partial charge >= 0.3 is 6.18 Å². The first-order chi connectivity index (χ1) is 9.61. The van der Waals surface area contributed by atoms with E-state index in [0.29, 0.717) is 5.82 Å². The highest BCUT2D eigenvalue weighted by molar-refractivity contribution is 6.17. The average molecular weight is 318 g/mol. The number of nitrogens with zero attached hydrogens (tertiary/aromatic N) is 3. The molecule has 2 aromatic rings. The van der Waals surface area contributed by atoms with Crippen LogP contribution >= 0.6 is 11.6 Å². The van der Waals surface area contributed by atoms with Gasteiger partial charge in [-0.25, -0.2) is 9.67 Å². The maximum absolute atomic E-state index is 12.6. The van der Waals surface area contributed by atoms with Crippen LogP contribution in [-0.4, -0.2) is 14.8 Å². The third kappa shape index (κ3) is 3.56. The molecule has 114 valence electrons. The second-order valence-corrected chi connectivity index (χ2v) is 6.04. The van der Waals surface area contributed by atoms with Crippen LogP contribution in [0.5, 0.6) is 0 Å². The SMILES string of the molecule is CC(C)(C)c1cc(CCl)cc(-n2cc(C(F)(F)F)cn2)n1. The normalized spacial score (nSPS) is 12.7. The number of hydrogen-bond acceptors (Lipinski definition) is 2. The third-order valence-electron chi connectivity index (χ3n) is 2.94. The molecule has 0 aliphatic heterocycles. The third-order valence-corrected chi connectivity index (χ3v) is 3.25. The molecule has 0 fully saturated rings. The van der Waals surface area contributed by atoms with E-state index in [4.69, 9.17) is 11.6 Å². The molecule has 21 heavy (non-hydrogen) atoms. The number of pyridine rings is 1. The van der Waals surface area contributed by atoms with E-state index in [2.05, 4.69) is 10.1 Å². The van der Waals surface area contributed by atoms with Gasteiger partial charge in [0.1, 0.15) is 0 Å².